The second kappa shape index (κ2) is 8.33. The second-order valence-corrected chi connectivity index (χ2v) is 8.86. The standard InChI is InChI=1S/C25H28N4O/c1-25(2,3)21-11-9-20(10-12-21)23-27-22(17-26)24(30-23)29-15-13-28(14-16-29)18-19-7-5-4-6-8-19/h4-12H,13-16,18H2,1-3H3. The average molecular weight is 401 g/mol. The van der Waals surface area contributed by atoms with Crippen LogP contribution in [0.3, 0.4) is 0 Å². The Hall–Kier alpha value is -3.10. The highest BCUT2D eigenvalue weighted by molar-refractivity contribution is 5.60. The van der Waals surface area contributed by atoms with Gasteiger partial charge in [-0.15, -0.1) is 0 Å². The Bertz CT molecular complexity index is 1020. The largest absolute Gasteiger partial charge is 0.419 e. The van der Waals surface area contributed by atoms with E-state index in [2.05, 4.69) is 78.0 Å². The number of nitrogens with zero attached hydrogens (tertiary/aromatic N) is 4. The summed E-state index contributed by atoms with van der Waals surface area (Å²) in [5.74, 6) is 1.10. The zero-order chi connectivity index (χ0) is 21.1. The van der Waals surface area contributed by atoms with Gasteiger partial charge in [0.15, 0.2) is 0 Å². The predicted octanol–water partition coefficient (Wildman–Crippen LogP) is 4.83. The summed E-state index contributed by atoms with van der Waals surface area (Å²) in [5.41, 5.74) is 3.93. The van der Waals surface area contributed by atoms with E-state index in [0.29, 0.717) is 17.5 Å². The molecule has 1 aromatic heterocycles. The number of aromatic nitrogens is 1. The molecule has 2 heterocycles. The number of anilines is 1. The Labute approximate surface area is 178 Å². The molecule has 0 amide bonds. The van der Waals surface area contributed by atoms with Crippen LogP contribution in [0.25, 0.3) is 11.5 Å². The SMILES string of the molecule is CC(C)(C)c1ccc(-c2nc(C#N)c(N3CCN(Cc4ccccc4)CC3)o2)cc1. The molecular weight excluding hydrogens is 372 g/mol. The molecule has 2 aromatic carbocycles. The van der Waals surface area contributed by atoms with Crippen molar-refractivity contribution < 1.29 is 4.42 Å². The Balaban J connectivity index is 1.47. The van der Waals surface area contributed by atoms with Crippen LogP contribution in [0, 0.1) is 11.3 Å². The Morgan fingerprint density at radius 1 is 0.967 bits per heavy atom. The fraction of sp³-hybridized carbons (Fsp3) is 0.360. The molecule has 0 bridgehead atoms. The van der Waals surface area contributed by atoms with Gasteiger partial charge in [0, 0.05) is 38.3 Å². The first-order chi connectivity index (χ1) is 14.4. The first-order valence-corrected chi connectivity index (χ1v) is 10.5. The Morgan fingerprint density at radius 2 is 1.63 bits per heavy atom. The van der Waals surface area contributed by atoms with E-state index >= 15 is 0 Å². The number of piperazine rings is 1. The molecule has 4 rings (SSSR count). The molecule has 0 spiro atoms. The molecule has 1 fully saturated rings. The molecule has 1 aliphatic rings. The third-order valence-corrected chi connectivity index (χ3v) is 5.62. The number of nitriles is 1. The highest BCUT2D eigenvalue weighted by Crippen LogP contribution is 2.30. The van der Waals surface area contributed by atoms with Crippen molar-refractivity contribution in [3.63, 3.8) is 0 Å². The second-order valence-electron chi connectivity index (χ2n) is 8.86. The summed E-state index contributed by atoms with van der Waals surface area (Å²) in [6.45, 7) is 11.0. The summed E-state index contributed by atoms with van der Waals surface area (Å²) in [4.78, 5) is 9.04. The predicted molar refractivity (Wildman–Crippen MR) is 119 cm³/mol. The van der Waals surface area contributed by atoms with E-state index in [4.69, 9.17) is 4.42 Å². The maximum absolute atomic E-state index is 9.60. The summed E-state index contributed by atoms with van der Waals surface area (Å²) >= 11 is 0. The molecule has 1 saturated heterocycles. The topological polar surface area (TPSA) is 56.3 Å². The summed E-state index contributed by atoms with van der Waals surface area (Å²) in [5, 5.41) is 9.60. The number of hydrogen-bond acceptors (Lipinski definition) is 5. The highest BCUT2D eigenvalue weighted by atomic mass is 16.4. The lowest BCUT2D eigenvalue weighted by Crippen LogP contribution is -2.46. The van der Waals surface area contributed by atoms with Gasteiger partial charge >= 0.3 is 0 Å². The molecule has 154 valence electrons. The van der Waals surface area contributed by atoms with Crippen LogP contribution in [0.15, 0.2) is 59.0 Å². The number of hydrogen-bond donors (Lipinski definition) is 0. The van der Waals surface area contributed by atoms with Crippen LogP contribution in [0.4, 0.5) is 5.88 Å². The molecule has 0 aliphatic carbocycles. The molecule has 30 heavy (non-hydrogen) atoms. The van der Waals surface area contributed by atoms with Gasteiger partial charge < -0.3 is 9.32 Å². The molecule has 5 heteroatoms. The van der Waals surface area contributed by atoms with Gasteiger partial charge in [-0.1, -0.05) is 63.2 Å². The van der Waals surface area contributed by atoms with Crippen molar-refractivity contribution in [2.45, 2.75) is 32.7 Å². The number of benzene rings is 2. The van der Waals surface area contributed by atoms with Crippen molar-refractivity contribution in [1.82, 2.24) is 9.88 Å². The van der Waals surface area contributed by atoms with Crippen LogP contribution in [0.2, 0.25) is 0 Å². The molecule has 0 atom stereocenters. The van der Waals surface area contributed by atoms with E-state index in [0.717, 1.165) is 38.3 Å². The fourth-order valence-corrected chi connectivity index (χ4v) is 3.79. The van der Waals surface area contributed by atoms with Crippen molar-refractivity contribution in [1.29, 1.82) is 5.26 Å². The zero-order valence-electron chi connectivity index (χ0n) is 17.9. The van der Waals surface area contributed by atoms with Gasteiger partial charge in [0.05, 0.1) is 0 Å². The molecule has 0 unspecified atom stereocenters. The lowest BCUT2D eigenvalue weighted by Gasteiger charge is -2.34. The van der Waals surface area contributed by atoms with Crippen molar-refractivity contribution >= 4 is 5.88 Å². The van der Waals surface area contributed by atoms with Crippen LogP contribution in [0.5, 0.6) is 0 Å². The van der Waals surface area contributed by atoms with Crippen LogP contribution < -0.4 is 4.90 Å². The van der Waals surface area contributed by atoms with Gasteiger partial charge in [0.1, 0.15) is 6.07 Å². The van der Waals surface area contributed by atoms with E-state index in [-0.39, 0.29) is 5.41 Å². The third-order valence-electron chi connectivity index (χ3n) is 5.62. The lowest BCUT2D eigenvalue weighted by molar-refractivity contribution is 0.246. The van der Waals surface area contributed by atoms with Crippen molar-refractivity contribution in [2.75, 3.05) is 31.1 Å². The summed E-state index contributed by atoms with van der Waals surface area (Å²) in [6, 6.07) is 21.0. The van der Waals surface area contributed by atoms with Crippen LogP contribution >= 0.6 is 0 Å². The van der Waals surface area contributed by atoms with E-state index in [1.165, 1.54) is 11.1 Å². The highest BCUT2D eigenvalue weighted by Gasteiger charge is 2.25. The van der Waals surface area contributed by atoms with Crippen molar-refractivity contribution in [3.05, 3.63) is 71.4 Å². The molecule has 3 aromatic rings. The zero-order valence-corrected chi connectivity index (χ0v) is 17.9. The summed E-state index contributed by atoms with van der Waals surface area (Å²) < 4.78 is 6.08. The third kappa shape index (κ3) is 4.39. The maximum atomic E-state index is 9.60. The molecule has 0 radical (unpaired) electrons. The first kappa shape index (κ1) is 20.2. The molecular formula is C25H28N4O. The number of rotatable bonds is 4. The van der Waals surface area contributed by atoms with Crippen LogP contribution in [-0.2, 0) is 12.0 Å². The van der Waals surface area contributed by atoms with Crippen LogP contribution in [0.1, 0.15) is 37.6 Å². The molecule has 5 nitrogen and oxygen atoms in total. The first-order valence-electron chi connectivity index (χ1n) is 10.5. The molecule has 0 saturated carbocycles. The minimum Gasteiger partial charge on any atom is -0.419 e. The van der Waals surface area contributed by atoms with Crippen molar-refractivity contribution in [3.8, 4) is 17.5 Å². The Kier molecular flexibility index (Phi) is 5.61. The Morgan fingerprint density at radius 3 is 2.23 bits per heavy atom. The van der Waals surface area contributed by atoms with Gasteiger partial charge in [0.2, 0.25) is 17.5 Å². The van der Waals surface area contributed by atoms with Crippen molar-refractivity contribution in [2.24, 2.45) is 0 Å². The van der Waals surface area contributed by atoms with Gasteiger partial charge in [0.25, 0.3) is 0 Å². The molecule has 1 aliphatic heterocycles. The summed E-state index contributed by atoms with van der Waals surface area (Å²) in [7, 11) is 0. The van der Waals surface area contributed by atoms with Crippen LogP contribution in [-0.4, -0.2) is 36.1 Å². The minimum absolute atomic E-state index is 0.0948. The smallest absolute Gasteiger partial charge is 0.235 e. The summed E-state index contributed by atoms with van der Waals surface area (Å²) in [6.07, 6.45) is 0. The number of oxazole rings is 1. The molecule has 0 N–H and O–H groups in total. The van der Waals surface area contributed by atoms with E-state index in [1.54, 1.807) is 0 Å². The monoisotopic (exact) mass is 400 g/mol. The van der Waals surface area contributed by atoms with Gasteiger partial charge in [-0.3, -0.25) is 4.90 Å². The van der Waals surface area contributed by atoms with E-state index < -0.39 is 0 Å². The maximum Gasteiger partial charge on any atom is 0.235 e. The average Bonchev–Trinajstić information content (AvgIpc) is 3.19. The van der Waals surface area contributed by atoms with Gasteiger partial charge in [-0.05, 0) is 28.7 Å². The fourth-order valence-electron chi connectivity index (χ4n) is 3.79. The van der Waals surface area contributed by atoms with E-state index in [1.807, 2.05) is 18.2 Å². The van der Waals surface area contributed by atoms with Gasteiger partial charge in [-0.25, -0.2) is 0 Å². The van der Waals surface area contributed by atoms with E-state index in [9.17, 15) is 5.26 Å². The minimum atomic E-state index is 0.0948. The van der Waals surface area contributed by atoms with Gasteiger partial charge in [-0.2, -0.15) is 10.2 Å². The lowest BCUT2D eigenvalue weighted by atomic mass is 9.87. The normalized spacial score (nSPS) is 15.2. The quantitative estimate of drug-likeness (QED) is 0.628.